The van der Waals surface area contributed by atoms with Crippen molar-refractivity contribution < 1.29 is 9.47 Å². The van der Waals surface area contributed by atoms with E-state index in [9.17, 15) is 0 Å². The monoisotopic (exact) mass is 136 g/mol. The number of hydrogen-bond donors (Lipinski definition) is 0. The zero-order chi connectivity index (χ0) is 7.23. The molecule has 52 valence electrons. The lowest BCUT2D eigenvalue weighted by molar-refractivity contribution is -0.0137. The van der Waals surface area contributed by atoms with Crippen LogP contribution in [-0.4, -0.2) is 6.29 Å². The van der Waals surface area contributed by atoms with Crippen LogP contribution in [0.5, 0.6) is 0 Å². The second kappa shape index (κ2) is 3.62. The highest BCUT2D eigenvalue weighted by Gasteiger charge is 2.02. The zero-order valence-corrected chi connectivity index (χ0v) is 5.70. The molecule has 1 aliphatic rings. The Morgan fingerprint density at radius 3 is 3.00 bits per heavy atom. The van der Waals surface area contributed by atoms with Crippen LogP contribution < -0.4 is 0 Å². The summed E-state index contributed by atoms with van der Waals surface area (Å²) < 4.78 is 9.90. The largest absolute Gasteiger partial charge is 0.458 e. The Morgan fingerprint density at radius 2 is 2.40 bits per heavy atom. The van der Waals surface area contributed by atoms with E-state index in [-0.39, 0.29) is 6.29 Å². The van der Waals surface area contributed by atoms with E-state index >= 15 is 0 Å². The first-order valence-corrected chi connectivity index (χ1v) is 2.99. The van der Waals surface area contributed by atoms with E-state index in [0.717, 1.165) is 0 Å². The summed E-state index contributed by atoms with van der Waals surface area (Å²) >= 11 is 0. The summed E-state index contributed by atoms with van der Waals surface area (Å²) in [7, 11) is 0. The van der Waals surface area contributed by atoms with Crippen LogP contribution in [0.4, 0.5) is 0 Å². The van der Waals surface area contributed by atoms with Gasteiger partial charge in [-0.25, -0.2) is 0 Å². The highest BCUT2D eigenvalue weighted by molar-refractivity contribution is 5.06. The van der Waals surface area contributed by atoms with E-state index in [2.05, 4.69) is 12.0 Å². The van der Waals surface area contributed by atoms with Gasteiger partial charge in [-0.15, -0.1) is 0 Å². The van der Waals surface area contributed by atoms with Gasteiger partial charge in [-0.05, 0) is 12.2 Å². The van der Waals surface area contributed by atoms with Gasteiger partial charge in [0.1, 0.15) is 6.11 Å². The van der Waals surface area contributed by atoms with E-state index < -0.39 is 0 Å². The van der Waals surface area contributed by atoms with Crippen LogP contribution in [-0.2, 0) is 9.47 Å². The molecule has 2 nitrogen and oxygen atoms in total. The molecule has 1 rings (SSSR count). The van der Waals surface area contributed by atoms with Gasteiger partial charge in [0.25, 0.3) is 6.29 Å². The van der Waals surface area contributed by atoms with E-state index in [1.807, 2.05) is 6.08 Å². The minimum atomic E-state index is -0.336. The lowest BCUT2D eigenvalue weighted by atomic mass is 10.4. The van der Waals surface area contributed by atoms with Crippen molar-refractivity contribution in [2.24, 2.45) is 0 Å². The number of allylic oxidation sites excluding steroid dienone is 2. The van der Waals surface area contributed by atoms with E-state index in [4.69, 9.17) is 9.47 Å². The quantitative estimate of drug-likeness (QED) is 0.507. The summed E-state index contributed by atoms with van der Waals surface area (Å²) in [6.45, 7) is 1.71. The summed E-state index contributed by atoms with van der Waals surface area (Å²) in [5, 5.41) is 0. The molecule has 0 N–H and O–H groups in total. The molecule has 0 aromatic heterocycles. The molecule has 0 fully saturated rings. The molecule has 1 heterocycles. The third kappa shape index (κ3) is 1.87. The highest BCUT2D eigenvalue weighted by Crippen LogP contribution is 2.02. The standard InChI is InChI=1S/C8H8O2/c1-2-6-9-8-5-3-4-7-10-8/h3-5,7-8H,1H3. The second-order valence-electron chi connectivity index (χ2n) is 1.69. The van der Waals surface area contributed by atoms with Crippen LogP contribution in [0.1, 0.15) is 6.92 Å². The van der Waals surface area contributed by atoms with Gasteiger partial charge in [-0.1, -0.05) is 12.0 Å². The topological polar surface area (TPSA) is 18.5 Å². The summed E-state index contributed by atoms with van der Waals surface area (Å²) in [4.78, 5) is 0. The van der Waals surface area contributed by atoms with Crippen molar-refractivity contribution in [1.29, 1.82) is 0 Å². The van der Waals surface area contributed by atoms with Crippen molar-refractivity contribution in [1.82, 2.24) is 0 Å². The molecule has 0 saturated carbocycles. The van der Waals surface area contributed by atoms with Crippen molar-refractivity contribution in [3.63, 3.8) is 0 Å². The van der Waals surface area contributed by atoms with Crippen molar-refractivity contribution >= 4 is 0 Å². The van der Waals surface area contributed by atoms with Gasteiger partial charge in [-0.2, -0.15) is 0 Å². The predicted octanol–water partition coefficient (Wildman–Crippen LogP) is 1.41. The van der Waals surface area contributed by atoms with Gasteiger partial charge < -0.3 is 9.47 Å². The van der Waals surface area contributed by atoms with Crippen LogP contribution in [0, 0.1) is 12.0 Å². The van der Waals surface area contributed by atoms with E-state index in [1.165, 1.54) is 0 Å². The van der Waals surface area contributed by atoms with Gasteiger partial charge >= 0.3 is 0 Å². The van der Waals surface area contributed by atoms with Gasteiger partial charge in [0, 0.05) is 6.92 Å². The lowest BCUT2D eigenvalue weighted by Crippen LogP contribution is -2.09. The molecule has 0 radical (unpaired) electrons. The molecular formula is C8H8O2. The SMILES string of the molecule is CC#COC1C=CC=CO1. The average molecular weight is 136 g/mol. The third-order valence-corrected chi connectivity index (χ3v) is 0.948. The molecule has 0 bridgehead atoms. The Bertz CT molecular complexity index is 205. The summed E-state index contributed by atoms with van der Waals surface area (Å²) in [6.07, 6.45) is 9.12. The van der Waals surface area contributed by atoms with Crippen LogP contribution in [0.3, 0.4) is 0 Å². The average Bonchev–Trinajstić information content (AvgIpc) is 2.03. The number of ether oxygens (including phenoxy) is 2. The lowest BCUT2D eigenvalue weighted by Gasteiger charge is -2.11. The Labute approximate surface area is 60.1 Å². The fourth-order valence-corrected chi connectivity index (χ4v) is 0.552. The molecular weight excluding hydrogens is 128 g/mol. The first-order valence-electron chi connectivity index (χ1n) is 2.99. The Balaban J connectivity index is 2.34. The van der Waals surface area contributed by atoms with Gasteiger partial charge in [0.05, 0.1) is 6.26 Å². The van der Waals surface area contributed by atoms with Gasteiger partial charge in [0.15, 0.2) is 0 Å². The van der Waals surface area contributed by atoms with Crippen molar-refractivity contribution in [2.45, 2.75) is 13.2 Å². The van der Waals surface area contributed by atoms with Crippen LogP contribution in [0.25, 0.3) is 0 Å². The molecule has 10 heavy (non-hydrogen) atoms. The maximum absolute atomic E-state index is 4.99. The normalized spacial score (nSPS) is 20.7. The molecule has 0 amide bonds. The van der Waals surface area contributed by atoms with E-state index in [1.54, 1.807) is 25.3 Å². The number of hydrogen-bond acceptors (Lipinski definition) is 2. The van der Waals surface area contributed by atoms with E-state index in [0.29, 0.717) is 0 Å². The Hall–Kier alpha value is -1.36. The molecule has 0 saturated heterocycles. The summed E-state index contributed by atoms with van der Waals surface area (Å²) in [5.74, 6) is 2.60. The first-order chi connectivity index (χ1) is 4.93. The van der Waals surface area contributed by atoms with Crippen LogP contribution >= 0.6 is 0 Å². The van der Waals surface area contributed by atoms with Gasteiger partial charge in [-0.3, -0.25) is 0 Å². The molecule has 1 aliphatic heterocycles. The fraction of sp³-hybridized carbons (Fsp3) is 0.250. The summed E-state index contributed by atoms with van der Waals surface area (Å²) in [5.41, 5.74) is 0. The molecule has 0 aromatic rings. The Kier molecular flexibility index (Phi) is 2.45. The molecule has 0 aromatic carbocycles. The van der Waals surface area contributed by atoms with Gasteiger partial charge in [0.2, 0.25) is 0 Å². The highest BCUT2D eigenvalue weighted by atomic mass is 16.7. The third-order valence-electron chi connectivity index (χ3n) is 0.948. The number of rotatable bonds is 1. The predicted molar refractivity (Wildman–Crippen MR) is 37.7 cm³/mol. The smallest absolute Gasteiger partial charge is 0.270 e. The Morgan fingerprint density at radius 1 is 1.50 bits per heavy atom. The maximum Gasteiger partial charge on any atom is 0.270 e. The fourth-order valence-electron chi connectivity index (χ4n) is 0.552. The molecule has 1 atom stereocenters. The molecule has 1 unspecified atom stereocenters. The van der Waals surface area contributed by atoms with Crippen molar-refractivity contribution in [3.8, 4) is 12.0 Å². The maximum atomic E-state index is 4.99. The minimum absolute atomic E-state index is 0.336. The summed E-state index contributed by atoms with van der Waals surface area (Å²) in [6, 6.07) is 0. The zero-order valence-electron chi connectivity index (χ0n) is 5.70. The molecule has 0 spiro atoms. The van der Waals surface area contributed by atoms with Crippen LogP contribution in [0.15, 0.2) is 24.5 Å². The minimum Gasteiger partial charge on any atom is -0.458 e. The molecule has 2 heteroatoms. The second-order valence-corrected chi connectivity index (χ2v) is 1.69. The van der Waals surface area contributed by atoms with Crippen molar-refractivity contribution in [2.75, 3.05) is 0 Å². The molecule has 0 aliphatic carbocycles. The van der Waals surface area contributed by atoms with Crippen LogP contribution in [0.2, 0.25) is 0 Å². The van der Waals surface area contributed by atoms with Crippen molar-refractivity contribution in [3.05, 3.63) is 24.5 Å². The first kappa shape index (κ1) is 6.76.